The van der Waals surface area contributed by atoms with Gasteiger partial charge in [-0.25, -0.2) is 23.2 Å². The lowest BCUT2D eigenvalue weighted by molar-refractivity contribution is 0.0724. The fourth-order valence-corrected chi connectivity index (χ4v) is 3.77. The maximum atomic E-state index is 12.9. The molecule has 0 aromatic carbocycles. The number of aromatic nitrogens is 4. The molecular formula is C21H27F2N5O3. The lowest BCUT2D eigenvalue weighted by Crippen LogP contribution is -2.26. The highest BCUT2D eigenvalue weighted by molar-refractivity contribution is 5.68. The molecule has 1 atom stereocenters. The Labute approximate surface area is 179 Å². The standard InChI is InChI=1S/C21H27F2N5O3/c1-13-18(31-15-6-4-3-5-7-15)9-8-16(25-13)19-17(28(2)27-26-19)11-24-20(29)30-12-14-10-21(14,22)23/h8-9,14-15H,3-7,10-12H2,1-2H3,(H,24,29). The summed E-state index contributed by atoms with van der Waals surface area (Å²) in [6.07, 6.45) is 5.02. The summed E-state index contributed by atoms with van der Waals surface area (Å²) in [7, 11) is 1.71. The van der Waals surface area contributed by atoms with Crippen molar-refractivity contribution in [2.45, 2.75) is 64.0 Å². The van der Waals surface area contributed by atoms with Gasteiger partial charge in [0.15, 0.2) is 0 Å². The van der Waals surface area contributed by atoms with Crippen molar-refractivity contribution < 1.29 is 23.0 Å². The van der Waals surface area contributed by atoms with Crippen molar-refractivity contribution >= 4 is 6.09 Å². The second-order valence-electron chi connectivity index (χ2n) is 8.28. The van der Waals surface area contributed by atoms with E-state index in [0.29, 0.717) is 17.1 Å². The van der Waals surface area contributed by atoms with E-state index in [4.69, 9.17) is 9.47 Å². The SMILES string of the molecule is Cc1nc(-c2nnn(C)c2CNC(=O)OCC2CC2(F)F)ccc1OC1CCCCC1. The van der Waals surface area contributed by atoms with E-state index in [1.165, 1.54) is 23.9 Å². The first kappa shape index (κ1) is 21.5. The summed E-state index contributed by atoms with van der Waals surface area (Å²) in [4.78, 5) is 16.5. The van der Waals surface area contributed by atoms with Crippen molar-refractivity contribution in [2.24, 2.45) is 13.0 Å². The molecule has 8 nitrogen and oxygen atoms in total. The monoisotopic (exact) mass is 435 g/mol. The summed E-state index contributed by atoms with van der Waals surface area (Å²) in [6.45, 7) is 1.68. The molecule has 2 aromatic heterocycles. The Morgan fingerprint density at radius 1 is 1.29 bits per heavy atom. The van der Waals surface area contributed by atoms with Crippen LogP contribution < -0.4 is 10.1 Å². The van der Waals surface area contributed by atoms with Crippen molar-refractivity contribution in [3.63, 3.8) is 0 Å². The second-order valence-corrected chi connectivity index (χ2v) is 8.28. The summed E-state index contributed by atoms with van der Waals surface area (Å²) >= 11 is 0. The molecule has 2 aliphatic rings. The molecule has 2 heterocycles. The van der Waals surface area contributed by atoms with Crippen molar-refractivity contribution in [1.29, 1.82) is 0 Å². The Morgan fingerprint density at radius 2 is 2.03 bits per heavy atom. The molecule has 2 aliphatic carbocycles. The Hall–Kier alpha value is -2.78. The van der Waals surface area contributed by atoms with Gasteiger partial charge in [0.2, 0.25) is 0 Å². The summed E-state index contributed by atoms with van der Waals surface area (Å²) in [6, 6.07) is 3.72. The molecule has 1 N–H and O–H groups in total. The van der Waals surface area contributed by atoms with E-state index >= 15 is 0 Å². The third kappa shape index (κ3) is 5.11. The molecule has 0 radical (unpaired) electrons. The van der Waals surface area contributed by atoms with Crippen molar-refractivity contribution in [3.8, 4) is 17.1 Å². The van der Waals surface area contributed by atoms with Crippen LogP contribution in [0, 0.1) is 12.8 Å². The number of hydrogen-bond acceptors (Lipinski definition) is 6. The molecule has 31 heavy (non-hydrogen) atoms. The molecule has 4 rings (SSSR count). The van der Waals surface area contributed by atoms with E-state index in [9.17, 15) is 13.6 Å². The van der Waals surface area contributed by atoms with Crippen LogP contribution in [0.1, 0.15) is 49.9 Å². The van der Waals surface area contributed by atoms with Crippen LogP contribution in [0.15, 0.2) is 12.1 Å². The molecule has 0 bridgehead atoms. The largest absolute Gasteiger partial charge is 0.489 e. The molecule has 0 spiro atoms. The summed E-state index contributed by atoms with van der Waals surface area (Å²) in [5.41, 5.74) is 2.53. The number of hydrogen-bond donors (Lipinski definition) is 1. The predicted molar refractivity (Wildman–Crippen MR) is 108 cm³/mol. The van der Waals surface area contributed by atoms with E-state index in [1.807, 2.05) is 19.1 Å². The number of pyridine rings is 1. The van der Waals surface area contributed by atoms with Gasteiger partial charge in [0.05, 0.1) is 35.6 Å². The van der Waals surface area contributed by atoms with E-state index < -0.39 is 17.9 Å². The summed E-state index contributed by atoms with van der Waals surface area (Å²) in [5.74, 6) is -2.83. The first-order valence-electron chi connectivity index (χ1n) is 10.6. The number of ether oxygens (including phenoxy) is 2. The minimum atomic E-state index is -2.71. The Morgan fingerprint density at radius 3 is 2.71 bits per heavy atom. The maximum absolute atomic E-state index is 12.9. The van der Waals surface area contributed by atoms with Crippen LogP contribution in [-0.4, -0.2) is 44.7 Å². The highest BCUT2D eigenvalue weighted by Crippen LogP contribution is 2.48. The zero-order valence-corrected chi connectivity index (χ0v) is 17.7. The number of rotatable bonds is 7. The molecule has 1 unspecified atom stereocenters. The fraction of sp³-hybridized carbons (Fsp3) is 0.619. The average molecular weight is 435 g/mol. The summed E-state index contributed by atoms with van der Waals surface area (Å²) in [5, 5.41) is 10.8. The quantitative estimate of drug-likeness (QED) is 0.712. The highest BCUT2D eigenvalue weighted by atomic mass is 19.3. The third-order valence-electron chi connectivity index (χ3n) is 5.84. The van der Waals surface area contributed by atoms with Gasteiger partial charge < -0.3 is 14.8 Å². The molecular weight excluding hydrogens is 408 g/mol. The van der Waals surface area contributed by atoms with Crippen LogP contribution in [0.4, 0.5) is 13.6 Å². The van der Waals surface area contributed by atoms with Gasteiger partial charge in [0.25, 0.3) is 5.92 Å². The number of carbonyl (C=O) groups excluding carboxylic acids is 1. The van der Waals surface area contributed by atoms with Crippen LogP contribution >= 0.6 is 0 Å². The van der Waals surface area contributed by atoms with Gasteiger partial charge in [0.1, 0.15) is 18.1 Å². The molecule has 2 fully saturated rings. The molecule has 168 valence electrons. The van der Waals surface area contributed by atoms with E-state index in [1.54, 1.807) is 7.05 Å². The van der Waals surface area contributed by atoms with Gasteiger partial charge in [-0.15, -0.1) is 5.10 Å². The van der Waals surface area contributed by atoms with E-state index in [0.717, 1.165) is 24.3 Å². The van der Waals surface area contributed by atoms with Crippen molar-refractivity contribution in [3.05, 3.63) is 23.5 Å². The minimum absolute atomic E-state index is 0.0831. The highest BCUT2D eigenvalue weighted by Gasteiger charge is 2.57. The molecule has 1 amide bonds. The Kier molecular flexibility index (Phi) is 6.06. The number of nitrogens with one attached hydrogen (secondary N) is 1. The van der Waals surface area contributed by atoms with Gasteiger partial charge in [-0.2, -0.15) is 0 Å². The lowest BCUT2D eigenvalue weighted by Gasteiger charge is -2.23. The van der Waals surface area contributed by atoms with Crippen LogP contribution in [-0.2, 0) is 18.3 Å². The third-order valence-corrected chi connectivity index (χ3v) is 5.84. The van der Waals surface area contributed by atoms with Crippen LogP contribution in [0.25, 0.3) is 11.4 Å². The molecule has 0 aliphatic heterocycles. The molecule has 0 saturated heterocycles. The second kappa shape index (κ2) is 8.76. The fourth-order valence-electron chi connectivity index (χ4n) is 3.77. The number of alkyl halides is 2. The van der Waals surface area contributed by atoms with Crippen molar-refractivity contribution in [1.82, 2.24) is 25.3 Å². The van der Waals surface area contributed by atoms with Gasteiger partial charge in [0, 0.05) is 13.5 Å². The first-order chi connectivity index (χ1) is 14.8. The van der Waals surface area contributed by atoms with Crippen LogP contribution in [0.2, 0.25) is 0 Å². The van der Waals surface area contributed by atoms with Gasteiger partial charge in [-0.1, -0.05) is 11.6 Å². The molecule has 10 heteroatoms. The normalized spacial score (nSPS) is 20.3. The van der Waals surface area contributed by atoms with Gasteiger partial charge in [-0.3, -0.25) is 0 Å². The first-order valence-corrected chi connectivity index (χ1v) is 10.6. The average Bonchev–Trinajstić information content (AvgIpc) is 3.19. The topological polar surface area (TPSA) is 91.2 Å². The zero-order chi connectivity index (χ0) is 22.0. The van der Waals surface area contributed by atoms with Gasteiger partial charge in [-0.05, 0) is 44.7 Å². The predicted octanol–water partition coefficient (Wildman–Crippen LogP) is 3.78. The van der Waals surface area contributed by atoms with Gasteiger partial charge >= 0.3 is 6.09 Å². The van der Waals surface area contributed by atoms with Crippen LogP contribution in [0.3, 0.4) is 0 Å². The number of aryl methyl sites for hydroxylation is 2. The van der Waals surface area contributed by atoms with Crippen LogP contribution in [0.5, 0.6) is 5.75 Å². The molecule has 2 aromatic rings. The number of alkyl carbamates (subject to hydrolysis) is 1. The summed E-state index contributed by atoms with van der Waals surface area (Å²) < 4.78 is 38.3. The zero-order valence-electron chi connectivity index (χ0n) is 17.7. The Balaban J connectivity index is 1.38. The Bertz CT molecular complexity index is 943. The number of amides is 1. The minimum Gasteiger partial charge on any atom is -0.489 e. The number of carbonyl (C=O) groups is 1. The van der Waals surface area contributed by atoms with E-state index in [2.05, 4.69) is 20.6 Å². The molecule has 2 saturated carbocycles. The lowest BCUT2D eigenvalue weighted by atomic mass is 9.98. The van der Waals surface area contributed by atoms with E-state index in [-0.39, 0.29) is 25.7 Å². The smallest absolute Gasteiger partial charge is 0.407 e. The van der Waals surface area contributed by atoms with Crippen molar-refractivity contribution in [2.75, 3.05) is 6.61 Å². The maximum Gasteiger partial charge on any atom is 0.407 e. The number of nitrogens with zero attached hydrogens (tertiary/aromatic N) is 4. The number of halogens is 2.